The van der Waals surface area contributed by atoms with E-state index in [0.717, 1.165) is 22.6 Å². The molecular formula is C19H24N2O3. The Morgan fingerprint density at radius 3 is 2.46 bits per heavy atom. The second kappa shape index (κ2) is 7.34. The van der Waals surface area contributed by atoms with Crippen molar-refractivity contribution in [3.63, 3.8) is 0 Å². The zero-order chi connectivity index (χ0) is 17.9. The second-order valence-corrected chi connectivity index (χ2v) is 6.13. The third kappa shape index (κ3) is 3.85. The monoisotopic (exact) mass is 328 g/mol. The summed E-state index contributed by atoms with van der Waals surface area (Å²) in [7, 11) is 0. The maximum Gasteiger partial charge on any atom is 0.325 e. The Morgan fingerprint density at radius 2 is 1.83 bits per heavy atom. The van der Waals surface area contributed by atoms with Crippen LogP contribution >= 0.6 is 0 Å². The molecule has 0 radical (unpaired) electrons. The van der Waals surface area contributed by atoms with E-state index in [1.54, 1.807) is 13.8 Å². The molecule has 0 saturated heterocycles. The highest BCUT2D eigenvalue weighted by molar-refractivity contribution is 5.97. The van der Waals surface area contributed by atoms with Crippen LogP contribution in [-0.2, 0) is 9.53 Å². The number of carbonyl (C=O) groups excluding carboxylic acids is 2. The maximum absolute atomic E-state index is 12.4. The van der Waals surface area contributed by atoms with Gasteiger partial charge in [-0.25, -0.2) is 0 Å². The number of carbonyl (C=O) groups is 2. The van der Waals surface area contributed by atoms with Crippen LogP contribution in [0.15, 0.2) is 30.3 Å². The number of rotatable bonds is 5. The molecule has 1 aromatic heterocycles. The van der Waals surface area contributed by atoms with Crippen molar-refractivity contribution < 1.29 is 14.3 Å². The minimum Gasteiger partial charge on any atom is -0.462 e. The summed E-state index contributed by atoms with van der Waals surface area (Å²) in [5.74, 6) is -0.713. The molecule has 0 saturated carbocycles. The number of aryl methyl sites for hydroxylation is 2. The molecule has 128 valence electrons. The number of amides is 1. The molecule has 0 bridgehead atoms. The number of esters is 1. The van der Waals surface area contributed by atoms with Crippen molar-refractivity contribution in [3.8, 4) is 5.69 Å². The van der Waals surface area contributed by atoms with Crippen LogP contribution in [-0.4, -0.2) is 29.1 Å². The van der Waals surface area contributed by atoms with Gasteiger partial charge in [0.2, 0.25) is 0 Å². The molecule has 0 aliphatic carbocycles. The van der Waals surface area contributed by atoms with Gasteiger partial charge >= 0.3 is 5.97 Å². The fourth-order valence-electron chi connectivity index (χ4n) is 2.73. The minimum atomic E-state index is -0.439. The lowest BCUT2D eigenvalue weighted by atomic mass is 10.2. The summed E-state index contributed by atoms with van der Waals surface area (Å²) in [5, 5.41) is 2.62. The molecule has 1 N–H and O–H groups in total. The summed E-state index contributed by atoms with van der Waals surface area (Å²) in [6, 6.07) is 9.86. The highest BCUT2D eigenvalue weighted by Crippen LogP contribution is 2.23. The normalized spacial score (nSPS) is 10.8. The number of para-hydroxylation sites is 1. The molecule has 0 atom stereocenters. The molecule has 0 aliphatic heterocycles. The zero-order valence-corrected chi connectivity index (χ0v) is 14.8. The van der Waals surface area contributed by atoms with Gasteiger partial charge in [0.05, 0.1) is 11.7 Å². The summed E-state index contributed by atoms with van der Waals surface area (Å²) in [6.07, 6.45) is -0.194. The van der Waals surface area contributed by atoms with E-state index < -0.39 is 5.97 Å². The van der Waals surface area contributed by atoms with Crippen molar-refractivity contribution in [1.29, 1.82) is 0 Å². The van der Waals surface area contributed by atoms with E-state index in [1.807, 2.05) is 51.1 Å². The van der Waals surface area contributed by atoms with Crippen LogP contribution in [0.4, 0.5) is 0 Å². The number of benzene rings is 1. The van der Waals surface area contributed by atoms with E-state index in [9.17, 15) is 9.59 Å². The van der Waals surface area contributed by atoms with Gasteiger partial charge in [-0.3, -0.25) is 9.59 Å². The van der Waals surface area contributed by atoms with E-state index in [1.165, 1.54) is 0 Å². The molecule has 5 nitrogen and oxygen atoms in total. The molecule has 5 heteroatoms. The number of hydrogen-bond donors (Lipinski definition) is 1. The van der Waals surface area contributed by atoms with Gasteiger partial charge in [-0.15, -0.1) is 0 Å². The molecule has 1 amide bonds. The molecule has 1 aromatic carbocycles. The topological polar surface area (TPSA) is 60.3 Å². The smallest absolute Gasteiger partial charge is 0.325 e. The standard InChI is InChI=1S/C19H24N2O3/c1-12(2)24-18(22)11-20-19(23)16-10-14(4)21(15(16)5)17-9-7-6-8-13(17)3/h6-10,12H,11H2,1-5H3,(H,20,23). The van der Waals surface area contributed by atoms with Gasteiger partial charge < -0.3 is 14.6 Å². The largest absolute Gasteiger partial charge is 0.462 e. The van der Waals surface area contributed by atoms with Crippen molar-refractivity contribution in [1.82, 2.24) is 9.88 Å². The van der Waals surface area contributed by atoms with Gasteiger partial charge in [-0.2, -0.15) is 0 Å². The molecule has 1 heterocycles. The van der Waals surface area contributed by atoms with E-state index >= 15 is 0 Å². The van der Waals surface area contributed by atoms with Gasteiger partial charge in [-0.05, 0) is 52.3 Å². The van der Waals surface area contributed by atoms with Gasteiger partial charge in [0.25, 0.3) is 5.91 Å². The lowest BCUT2D eigenvalue weighted by molar-refractivity contribution is -0.146. The van der Waals surface area contributed by atoms with Crippen molar-refractivity contribution in [2.45, 2.75) is 40.7 Å². The predicted octanol–water partition coefficient (Wildman–Crippen LogP) is 3.08. The fourth-order valence-corrected chi connectivity index (χ4v) is 2.73. The first-order chi connectivity index (χ1) is 11.3. The number of aromatic nitrogens is 1. The SMILES string of the molecule is Cc1ccccc1-n1c(C)cc(C(=O)NCC(=O)OC(C)C)c1C. The Morgan fingerprint density at radius 1 is 1.17 bits per heavy atom. The summed E-state index contributed by atoms with van der Waals surface area (Å²) < 4.78 is 7.07. The average Bonchev–Trinajstić information content (AvgIpc) is 2.80. The van der Waals surface area contributed by atoms with E-state index in [0.29, 0.717) is 5.56 Å². The average molecular weight is 328 g/mol. The molecular weight excluding hydrogens is 304 g/mol. The Hall–Kier alpha value is -2.56. The van der Waals surface area contributed by atoms with Crippen LogP contribution in [0.25, 0.3) is 5.69 Å². The lowest BCUT2D eigenvalue weighted by Crippen LogP contribution is -2.31. The molecule has 24 heavy (non-hydrogen) atoms. The summed E-state index contributed by atoms with van der Waals surface area (Å²) >= 11 is 0. The Balaban J connectivity index is 2.21. The first-order valence-corrected chi connectivity index (χ1v) is 8.04. The van der Waals surface area contributed by atoms with Crippen molar-refractivity contribution in [2.24, 2.45) is 0 Å². The quantitative estimate of drug-likeness (QED) is 0.858. The van der Waals surface area contributed by atoms with Gasteiger partial charge in [-0.1, -0.05) is 18.2 Å². The zero-order valence-electron chi connectivity index (χ0n) is 14.8. The van der Waals surface area contributed by atoms with Crippen molar-refractivity contribution >= 4 is 11.9 Å². The maximum atomic E-state index is 12.4. The minimum absolute atomic E-state index is 0.134. The van der Waals surface area contributed by atoms with Crippen LogP contribution in [0, 0.1) is 20.8 Å². The molecule has 0 aliphatic rings. The van der Waals surface area contributed by atoms with Crippen LogP contribution in [0.1, 0.15) is 41.2 Å². The van der Waals surface area contributed by atoms with E-state index in [2.05, 4.69) is 9.88 Å². The molecule has 0 unspecified atom stereocenters. The van der Waals surface area contributed by atoms with Crippen molar-refractivity contribution in [2.75, 3.05) is 6.54 Å². The van der Waals surface area contributed by atoms with Gasteiger partial charge in [0.1, 0.15) is 6.54 Å². The first kappa shape index (κ1) is 17.8. The third-order valence-electron chi connectivity index (χ3n) is 3.79. The van der Waals surface area contributed by atoms with Gasteiger partial charge in [0.15, 0.2) is 0 Å². The van der Waals surface area contributed by atoms with E-state index in [-0.39, 0.29) is 18.6 Å². The summed E-state index contributed by atoms with van der Waals surface area (Å²) in [4.78, 5) is 24.0. The fraction of sp³-hybridized carbons (Fsp3) is 0.368. The lowest BCUT2D eigenvalue weighted by Gasteiger charge is -2.13. The highest BCUT2D eigenvalue weighted by atomic mass is 16.5. The Labute approximate surface area is 142 Å². The number of nitrogens with zero attached hydrogens (tertiary/aromatic N) is 1. The number of nitrogens with one attached hydrogen (secondary N) is 1. The molecule has 2 rings (SSSR count). The second-order valence-electron chi connectivity index (χ2n) is 6.13. The molecule has 2 aromatic rings. The highest BCUT2D eigenvalue weighted by Gasteiger charge is 2.18. The Kier molecular flexibility index (Phi) is 5.44. The molecule has 0 spiro atoms. The van der Waals surface area contributed by atoms with Gasteiger partial charge in [0, 0.05) is 17.1 Å². The van der Waals surface area contributed by atoms with Crippen LogP contribution in [0.5, 0.6) is 0 Å². The number of ether oxygens (including phenoxy) is 1. The number of hydrogen-bond acceptors (Lipinski definition) is 3. The van der Waals surface area contributed by atoms with Crippen LogP contribution in [0.2, 0.25) is 0 Å². The Bertz CT molecular complexity index is 760. The van der Waals surface area contributed by atoms with Crippen molar-refractivity contribution in [3.05, 3.63) is 52.8 Å². The van der Waals surface area contributed by atoms with Crippen LogP contribution < -0.4 is 5.32 Å². The van der Waals surface area contributed by atoms with Crippen LogP contribution in [0.3, 0.4) is 0 Å². The predicted molar refractivity (Wildman–Crippen MR) is 93.5 cm³/mol. The third-order valence-corrected chi connectivity index (χ3v) is 3.79. The summed E-state index contributed by atoms with van der Waals surface area (Å²) in [6.45, 7) is 9.32. The van der Waals surface area contributed by atoms with E-state index in [4.69, 9.17) is 4.74 Å². The summed E-state index contributed by atoms with van der Waals surface area (Å²) in [5.41, 5.74) is 4.55. The first-order valence-electron chi connectivity index (χ1n) is 8.04. The molecule has 0 fully saturated rings.